The second-order valence-electron chi connectivity index (χ2n) is 5.86. The van der Waals surface area contributed by atoms with Gasteiger partial charge in [0, 0.05) is 6.42 Å². The van der Waals surface area contributed by atoms with E-state index in [9.17, 15) is 4.79 Å². The van der Waals surface area contributed by atoms with Crippen molar-refractivity contribution in [1.29, 1.82) is 0 Å². The fraction of sp³-hybridized carbons (Fsp3) is 0.300. The molecule has 0 unspecified atom stereocenters. The molecule has 1 N–H and O–H groups in total. The summed E-state index contributed by atoms with van der Waals surface area (Å²) < 4.78 is 7.93. The van der Waals surface area contributed by atoms with Gasteiger partial charge in [0.2, 0.25) is 5.91 Å². The van der Waals surface area contributed by atoms with Gasteiger partial charge in [0.15, 0.2) is 0 Å². The third-order valence-electron chi connectivity index (χ3n) is 3.98. The largest absolute Gasteiger partial charge is 0.492 e. The van der Waals surface area contributed by atoms with Crippen molar-refractivity contribution in [1.82, 2.24) is 14.9 Å². The minimum absolute atomic E-state index is 0.0571. The van der Waals surface area contributed by atoms with E-state index in [-0.39, 0.29) is 5.91 Å². The Morgan fingerprint density at radius 1 is 1.12 bits per heavy atom. The molecule has 1 amide bonds. The number of para-hydroxylation sites is 3. The molecule has 3 rings (SSSR count). The van der Waals surface area contributed by atoms with Crippen LogP contribution in [0.2, 0.25) is 0 Å². The Bertz CT molecular complexity index is 827. The van der Waals surface area contributed by atoms with Crippen LogP contribution in [0, 0.1) is 0 Å². The van der Waals surface area contributed by atoms with E-state index in [1.165, 1.54) is 0 Å². The van der Waals surface area contributed by atoms with Gasteiger partial charge in [-0.3, -0.25) is 4.79 Å². The van der Waals surface area contributed by atoms with Gasteiger partial charge in [-0.25, -0.2) is 4.98 Å². The number of fused-ring (bicyclic) bond motifs is 1. The lowest BCUT2D eigenvalue weighted by Gasteiger charge is -2.11. The molecule has 2 aromatic carbocycles. The van der Waals surface area contributed by atoms with Gasteiger partial charge in [-0.15, -0.1) is 0 Å². The molecular weight excluding hydrogens is 314 g/mol. The molecule has 0 fully saturated rings. The van der Waals surface area contributed by atoms with E-state index in [1.807, 2.05) is 61.5 Å². The summed E-state index contributed by atoms with van der Waals surface area (Å²) in [6, 6.07) is 17.8. The molecule has 0 saturated carbocycles. The van der Waals surface area contributed by atoms with Gasteiger partial charge in [-0.2, -0.15) is 0 Å². The minimum atomic E-state index is 0.0571. The number of rotatable bonds is 8. The summed E-state index contributed by atoms with van der Waals surface area (Å²) in [6.45, 7) is 3.64. The van der Waals surface area contributed by atoms with Crippen LogP contribution in [0.5, 0.6) is 5.75 Å². The molecule has 0 saturated heterocycles. The average Bonchev–Trinajstić information content (AvgIpc) is 2.99. The number of imidazole rings is 1. The fourth-order valence-electron chi connectivity index (χ4n) is 2.77. The van der Waals surface area contributed by atoms with Gasteiger partial charge < -0.3 is 14.6 Å². The standard InChI is InChI=1S/C20H23N3O2/c1-2-8-20(24)21-15-19-22-17-11-6-7-12-18(17)23(19)13-14-25-16-9-4-3-5-10-16/h3-7,9-12H,2,8,13-15H2,1H3,(H,21,24). The van der Waals surface area contributed by atoms with E-state index in [0.717, 1.165) is 29.0 Å². The third kappa shape index (κ3) is 4.38. The molecular formula is C20H23N3O2. The molecule has 0 aliphatic carbocycles. The Kier molecular flexibility index (Phi) is 5.67. The zero-order chi connectivity index (χ0) is 17.5. The van der Waals surface area contributed by atoms with Crippen molar-refractivity contribution < 1.29 is 9.53 Å². The summed E-state index contributed by atoms with van der Waals surface area (Å²) >= 11 is 0. The molecule has 0 aliphatic heterocycles. The van der Waals surface area contributed by atoms with Gasteiger partial charge in [0.05, 0.1) is 24.1 Å². The molecule has 0 aliphatic rings. The number of carbonyl (C=O) groups is 1. The van der Waals surface area contributed by atoms with Crippen LogP contribution in [-0.2, 0) is 17.9 Å². The zero-order valence-corrected chi connectivity index (χ0v) is 14.4. The lowest BCUT2D eigenvalue weighted by Crippen LogP contribution is -2.24. The Hall–Kier alpha value is -2.82. The first kappa shape index (κ1) is 17.0. The quantitative estimate of drug-likeness (QED) is 0.684. The topological polar surface area (TPSA) is 56.2 Å². The molecule has 25 heavy (non-hydrogen) atoms. The molecule has 0 spiro atoms. The number of ether oxygens (including phenoxy) is 1. The molecule has 1 aromatic heterocycles. The Labute approximate surface area is 147 Å². The van der Waals surface area contributed by atoms with Crippen molar-refractivity contribution in [3.05, 3.63) is 60.4 Å². The number of aromatic nitrogens is 2. The highest BCUT2D eigenvalue weighted by atomic mass is 16.5. The highest BCUT2D eigenvalue weighted by Gasteiger charge is 2.11. The van der Waals surface area contributed by atoms with Crippen LogP contribution in [0.4, 0.5) is 0 Å². The smallest absolute Gasteiger partial charge is 0.220 e. The summed E-state index contributed by atoms with van der Waals surface area (Å²) in [4.78, 5) is 16.4. The van der Waals surface area contributed by atoms with E-state index in [1.54, 1.807) is 0 Å². The molecule has 130 valence electrons. The van der Waals surface area contributed by atoms with E-state index in [2.05, 4.69) is 14.9 Å². The number of nitrogens with one attached hydrogen (secondary N) is 1. The lowest BCUT2D eigenvalue weighted by atomic mass is 10.3. The summed E-state index contributed by atoms with van der Waals surface area (Å²) in [5.41, 5.74) is 1.99. The minimum Gasteiger partial charge on any atom is -0.492 e. The molecule has 5 nitrogen and oxygen atoms in total. The number of nitrogens with zero attached hydrogens (tertiary/aromatic N) is 2. The monoisotopic (exact) mass is 337 g/mol. The van der Waals surface area contributed by atoms with E-state index in [0.29, 0.717) is 26.1 Å². The molecule has 0 atom stereocenters. The first-order valence-corrected chi connectivity index (χ1v) is 8.66. The van der Waals surface area contributed by atoms with Gasteiger partial charge in [0.25, 0.3) is 0 Å². The van der Waals surface area contributed by atoms with Gasteiger partial charge in [-0.05, 0) is 30.7 Å². The SMILES string of the molecule is CCCC(=O)NCc1nc2ccccc2n1CCOc1ccccc1. The van der Waals surface area contributed by atoms with Crippen LogP contribution in [-0.4, -0.2) is 22.1 Å². The second kappa shape index (κ2) is 8.33. The molecule has 3 aromatic rings. The van der Waals surface area contributed by atoms with Gasteiger partial charge >= 0.3 is 0 Å². The van der Waals surface area contributed by atoms with Crippen LogP contribution in [0.1, 0.15) is 25.6 Å². The zero-order valence-electron chi connectivity index (χ0n) is 14.4. The van der Waals surface area contributed by atoms with E-state index < -0.39 is 0 Å². The maximum atomic E-state index is 11.8. The number of amides is 1. The normalized spacial score (nSPS) is 10.8. The predicted octanol–water partition coefficient (Wildman–Crippen LogP) is 3.53. The number of benzene rings is 2. The Morgan fingerprint density at radius 3 is 2.68 bits per heavy atom. The van der Waals surface area contributed by atoms with Crippen molar-refractivity contribution >= 4 is 16.9 Å². The summed E-state index contributed by atoms with van der Waals surface area (Å²) in [5, 5.41) is 2.95. The maximum Gasteiger partial charge on any atom is 0.220 e. The summed E-state index contributed by atoms with van der Waals surface area (Å²) in [6.07, 6.45) is 1.38. The Morgan fingerprint density at radius 2 is 1.88 bits per heavy atom. The summed E-state index contributed by atoms with van der Waals surface area (Å²) in [5.74, 6) is 1.76. The number of hydrogen-bond donors (Lipinski definition) is 1. The number of carbonyl (C=O) groups excluding carboxylic acids is 1. The second-order valence-corrected chi connectivity index (χ2v) is 5.86. The van der Waals surface area contributed by atoms with E-state index >= 15 is 0 Å². The first-order chi connectivity index (χ1) is 12.3. The van der Waals surface area contributed by atoms with Crippen molar-refractivity contribution in [2.45, 2.75) is 32.9 Å². The highest BCUT2D eigenvalue weighted by molar-refractivity contribution is 5.77. The fourth-order valence-corrected chi connectivity index (χ4v) is 2.77. The van der Waals surface area contributed by atoms with Crippen LogP contribution in [0.25, 0.3) is 11.0 Å². The number of hydrogen-bond acceptors (Lipinski definition) is 3. The lowest BCUT2D eigenvalue weighted by molar-refractivity contribution is -0.121. The van der Waals surface area contributed by atoms with Gasteiger partial charge in [-0.1, -0.05) is 37.3 Å². The average molecular weight is 337 g/mol. The Balaban J connectivity index is 1.72. The van der Waals surface area contributed by atoms with Crippen LogP contribution < -0.4 is 10.1 Å². The maximum absolute atomic E-state index is 11.8. The van der Waals surface area contributed by atoms with Crippen LogP contribution >= 0.6 is 0 Å². The van der Waals surface area contributed by atoms with E-state index in [4.69, 9.17) is 4.74 Å². The highest BCUT2D eigenvalue weighted by Crippen LogP contribution is 2.16. The van der Waals surface area contributed by atoms with Crippen LogP contribution in [0.15, 0.2) is 54.6 Å². The van der Waals surface area contributed by atoms with Crippen molar-refractivity contribution in [2.24, 2.45) is 0 Å². The van der Waals surface area contributed by atoms with Gasteiger partial charge in [0.1, 0.15) is 18.2 Å². The molecule has 1 heterocycles. The van der Waals surface area contributed by atoms with Crippen LogP contribution in [0.3, 0.4) is 0 Å². The molecule has 0 radical (unpaired) electrons. The third-order valence-corrected chi connectivity index (χ3v) is 3.98. The molecule has 5 heteroatoms. The van der Waals surface area contributed by atoms with Crippen molar-refractivity contribution in [2.75, 3.05) is 6.61 Å². The van der Waals surface area contributed by atoms with Crippen molar-refractivity contribution in [3.63, 3.8) is 0 Å². The molecule has 0 bridgehead atoms. The first-order valence-electron chi connectivity index (χ1n) is 8.66. The summed E-state index contributed by atoms with van der Waals surface area (Å²) in [7, 11) is 0. The van der Waals surface area contributed by atoms with Crippen molar-refractivity contribution in [3.8, 4) is 5.75 Å². The predicted molar refractivity (Wildman–Crippen MR) is 98.4 cm³/mol.